The third-order valence-electron chi connectivity index (χ3n) is 11.1. The molecule has 61 heavy (non-hydrogen) atoms. The van der Waals surface area contributed by atoms with Crippen molar-refractivity contribution in [3.63, 3.8) is 0 Å². The van der Waals surface area contributed by atoms with Gasteiger partial charge in [-0.3, -0.25) is 0 Å². The number of nitrogens with zero attached hydrogens (tertiary/aromatic N) is 1. The smallest absolute Gasteiger partial charge is 0.0613 e. The second-order valence-corrected chi connectivity index (χ2v) is 15.6. The molecule has 1 aliphatic rings. The average Bonchev–Trinajstić information content (AvgIpc) is 3.73. The number of allylic oxidation sites excluding steroid dienone is 13. The minimum atomic E-state index is 0.338. The van der Waals surface area contributed by atoms with Gasteiger partial charge >= 0.3 is 0 Å². The molecular weight excluding hydrogens is 735 g/mol. The molecule has 0 bridgehead atoms. The van der Waals surface area contributed by atoms with Gasteiger partial charge in [0.1, 0.15) is 0 Å². The molecule has 0 fully saturated rings. The molecule has 6 aromatic carbocycles. The van der Waals surface area contributed by atoms with Crippen molar-refractivity contribution >= 4 is 38.9 Å². The molecular formula is C60H61N. The Labute approximate surface area is 365 Å². The van der Waals surface area contributed by atoms with E-state index < -0.39 is 0 Å². The van der Waals surface area contributed by atoms with Crippen LogP contribution < -0.4 is 0 Å². The van der Waals surface area contributed by atoms with Gasteiger partial charge in [-0.1, -0.05) is 202 Å². The summed E-state index contributed by atoms with van der Waals surface area (Å²) in [4.78, 5) is 0. The van der Waals surface area contributed by atoms with Gasteiger partial charge < -0.3 is 4.57 Å². The van der Waals surface area contributed by atoms with E-state index in [9.17, 15) is 0 Å². The van der Waals surface area contributed by atoms with Gasteiger partial charge in [0.25, 0.3) is 0 Å². The fraction of sp³-hybridized carbons (Fsp3) is 0.167. The second kappa shape index (κ2) is 21.0. The summed E-state index contributed by atoms with van der Waals surface area (Å²) in [6, 6.07) is 46.7. The molecule has 1 nitrogen and oxygen atoms in total. The molecule has 1 heteroatoms. The van der Waals surface area contributed by atoms with E-state index >= 15 is 0 Å². The first-order chi connectivity index (χ1) is 29.7. The Kier molecular flexibility index (Phi) is 15.1. The molecule has 0 radical (unpaired) electrons. The highest BCUT2D eigenvalue weighted by Gasteiger charge is 2.18. The zero-order valence-electron chi connectivity index (χ0n) is 37.6. The van der Waals surface area contributed by atoms with E-state index in [1.165, 1.54) is 88.5 Å². The van der Waals surface area contributed by atoms with Gasteiger partial charge in [0.15, 0.2) is 0 Å². The number of aryl methyl sites for hydroxylation is 2. The molecule has 306 valence electrons. The van der Waals surface area contributed by atoms with Crippen LogP contribution in [0.5, 0.6) is 0 Å². The van der Waals surface area contributed by atoms with Crippen molar-refractivity contribution in [2.24, 2.45) is 5.92 Å². The van der Waals surface area contributed by atoms with Gasteiger partial charge in [-0.25, -0.2) is 0 Å². The lowest BCUT2D eigenvalue weighted by Gasteiger charge is -2.15. The number of benzene rings is 6. The van der Waals surface area contributed by atoms with E-state index in [4.69, 9.17) is 0 Å². The molecule has 1 heterocycles. The number of aromatic nitrogens is 1. The van der Waals surface area contributed by atoms with Crippen molar-refractivity contribution in [3.8, 4) is 27.9 Å². The van der Waals surface area contributed by atoms with Crippen LogP contribution in [0.4, 0.5) is 0 Å². The minimum Gasteiger partial charge on any atom is -0.315 e. The molecule has 0 aliphatic heterocycles. The first kappa shape index (κ1) is 43.9. The molecule has 0 saturated carbocycles. The summed E-state index contributed by atoms with van der Waals surface area (Å²) in [7, 11) is 0. The minimum absolute atomic E-state index is 0.338. The summed E-state index contributed by atoms with van der Waals surface area (Å²) in [6.45, 7) is 19.0. The highest BCUT2D eigenvalue weighted by atomic mass is 15.0. The number of rotatable bonds is 7. The largest absolute Gasteiger partial charge is 0.315 e. The van der Waals surface area contributed by atoms with Crippen molar-refractivity contribution in [3.05, 3.63) is 228 Å². The Hall–Kier alpha value is -6.70. The fourth-order valence-corrected chi connectivity index (χ4v) is 7.69. The van der Waals surface area contributed by atoms with Gasteiger partial charge in [-0.15, -0.1) is 0 Å². The first-order valence-electron chi connectivity index (χ1n) is 21.8. The third kappa shape index (κ3) is 10.6. The zero-order chi connectivity index (χ0) is 43.3. The number of hydrogen-bond acceptors (Lipinski definition) is 0. The topological polar surface area (TPSA) is 4.93 Å². The summed E-state index contributed by atoms with van der Waals surface area (Å²) in [5.41, 5.74) is 17.1. The Morgan fingerprint density at radius 3 is 1.90 bits per heavy atom. The van der Waals surface area contributed by atoms with Crippen LogP contribution in [-0.4, -0.2) is 4.57 Å². The maximum absolute atomic E-state index is 2.42. The van der Waals surface area contributed by atoms with Crippen LogP contribution in [0.15, 0.2) is 200 Å². The van der Waals surface area contributed by atoms with E-state index in [0.29, 0.717) is 5.92 Å². The van der Waals surface area contributed by atoms with Crippen molar-refractivity contribution in [1.82, 2.24) is 4.57 Å². The van der Waals surface area contributed by atoms with Crippen LogP contribution in [0.2, 0.25) is 0 Å². The molecule has 1 atom stereocenters. The van der Waals surface area contributed by atoms with E-state index in [1.54, 1.807) is 0 Å². The first-order valence-corrected chi connectivity index (χ1v) is 21.8. The summed E-state index contributed by atoms with van der Waals surface area (Å²) < 4.78 is 2.42. The predicted octanol–water partition coefficient (Wildman–Crippen LogP) is 17.6. The SMILES string of the molecule is C/C=C\C=C/C.CC.CC1=C\C=C(\c2cc(-c3ccc(C)cc3)c3ccc4c(/C(C)=C/c5ccccc5C)cn(-c5ccc(-c6ccccc6)cc5)c4c3c2)C=CC(C)/C=C\1. The van der Waals surface area contributed by atoms with Gasteiger partial charge in [-0.2, -0.15) is 0 Å². The standard InChI is InChI=1S/C52H45N.C6H10.C2H6/c1-35-15-16-36(2)18-22-42(21-17-35)45-32-49(43-23-19-37(3)20-24-43)47-29-30-48-51(39(5)31-44-14-10-9-11-38(44)4)34-53(52(48)50(47)33-45)46-27-25-41(26-28-46)40-12-7-6-8-13-40;1-3-5-6-4-2;1-2/h6-35H,1-5H3;3-6H,1-2H3;1-2H3/b16-15-,21-17?,36-18+,39-31+,42-22+;5-3-,6-4-;. The van der Waals surface area contributed by atoms with E-state index in [-0.39, 0.29) is 0 Å². The lowest BCUT2D eigenvalue weighted by Crippen LogP contribution is -1.95. The number of fused-ring (bicyclic) bond motifs is 3. The Morgan fingerprint density at radius 1 is 0.590 bits per heavy atom. The molecule has 0 N–H and O–H groups in total. The summed E-state index contributed by atoms with van der Waals surface area (Å²) in [6.07, 6.45) is 26.3. The predicted molar refractivity (Wildman–Crippen MR) is 271 cm³/mol. The van der Waals surface area contributed by atoms with E-state index in [2.05, 4.69) is 215 Å². The fourth-order valence-electron chi connectivity index (χ4n) is 7.69. The normalized spacial score (nSPS) is 16.4. The third-order valence-corrected chi connectivity index (χ3v) is 11.1. The summed E-state index contributed by atoms with van der Waals surface area (Å²) >= 11 is 0. The van der Waals surface area contributed by atoms with Crippen molar-refractivity contribution in [1.29, 1.82) is 0 Å². The quantitative estimate of drug-likeness (QED) is 0.142. The molecule has 7 aromatic rings. The number of hydrogen-bond donors (Lipinski definition) is 0. The van der Waals surface area contributed by atoms with Crippen LogP contribution >= 0.6 is 0 Å². The lowest BCUT2D eigenvalue weighted by molar-refractivity contribution is 0.939. The monoisotopic (exact) mass is 795 g/mol. The maximum Gasteiger partial charge on any atom is 0.0613 e. The zero-order valence-corrected chi connectivity index (χ0v) is 37.6. The Morgan fingerprint density at radius 2 is 1.21 bits per heavy atom. The van der Waals surface area contributed by atoms with Crippen molar-refractivity contribution < 1.29 is 0 Å². The second-order valence-electron chi connectivity index (χ2n) is 15.6. The van der Waals surface area contributed by atoms with Crippen LogP contribution in [0.3, 0.4) is 0 Å². The summed E-state index contributed by atoms with van der Waals surface area (Å²) in [5, 5.41) is 3.72. The van der Waals surface area contributed by atoms with Gasteiger partial charge in [-0.05, 0) is 127 Å². The van der Waals surface area contributed by atoms with Crippen LogP contribution in [0.1, 0.15) is 76.3 Å². The molecule has 0 saturated heterocycles. The van der Waals surface area contributed by atoms with Crippen molar-refractivity contribution in [2.45, 2.75) is 62.3 Å². The molecule has 1 aliphatic carbocycles. The Balaban J connectivity index is 0.000000717. The highest BCUT2D eigenvalue weighted by Crippen LogP contribution is 2.41. The van der Waals surface area contributed by atoms with Crippen LogP contribution in [-0.2, 0) is 0 Å². The lowest BCUT2D eigenvalue weighted by atomic mass is 9.90. The van der Waals surface area contributed by atoms with Gasteiger partial charge in [0.2, 0.25) is 0 Å². The van der Waals surface area contributed by atoms with Gasteiger partial charge in [0.05, 0.1) is 5.52 Å². The molecule has 8 rings (SSSR count). The van der Waals surface area contributed by atoms with Crippen molar-refractivity contribution in [2.75, 3.05) is 0 Å². The van der Waals surface area contributed by atoms with E-state index in [1.807, 2.05) is 52.0 Å². The van der Waals surface area contributed by atoms with Gasteiger partial charge in [0, 0.05) is 28.2 Å². The molecule has 1 aromatic heterocycles. The average molecular weight is 796 g/mol. The maximum atomic E-state index is 2.42. The highest BCUT2D eigenvalue weighted by molar-refractivity contribution is 6.15. The molecule has 0 spiro atoms. The summed E-state index contributed by atoms with van der Waals surface area (Å²) in [5.74, 6) is 0.338. The van der Waals surface area contributed by atoms with Crippen LogP contribution in [0.25, 0.3) is 66.8 Å². The molecule has 1 unspecified atom stereocenters. The molecule has 0 amide bonds. The Bertz CT molecular complexity index is 2780. The van der Waals surface area contributed by atoms with Crippen LogP contribution in [0, 0.1) is 19.8 Å². The van der Waals surface area contributed by atoms with E-state index in [0.717, 1.165) is 5.69 Å².